The summed E-state index contributed by atoms with van der Waals surface area (Å²) in [5, 5.41) is 6.43. The molecule has 3 rings (SSSR count). The predicted molar refractivity (Wildman–Crippen MR) is 108 cm³/mol. The smallest absolute Gasteiger partial charge is 0.271 e. The second-order valence-corrected chi connectivity index (χ2v) is 6.14. The Morgan fingerprint density at radius 1 is 1.07 bits per heavy atom. The molecule has 2 aromatic carbocycles. The molecule has 2 N–H and O–H groups in total. The van der Waals surface area contributed by atoms with E-state index in [9.17, 15) is 4.79 Å². The largest absolute Gasteiger partial charge is 0.497 e. The second-order valence-electron chi connectivity index (χ2n) is 5.70. The molecule has 0 saturated heterocycles. The van der Waals surface area contributed by atoms with Gasteiger partial charge in [-0.2, -0.15) is 0 Å². The lowest BCUT2D eigenvalue weighted by Crippen LogP contribution is -2.28. The summed E-state index contributed by atoms with van der Waals surface area (Å²) in [6.45, 7) is 0.676. The van der Waals surface area contributed by atoms with E-state index < -0.39 is 0 Å². The molecule has 3 aromatic rings. The number of nitrogens with one attached hydrogen (secondary N) is 2. The van der Waals surface area contributed by atoms with Gasteiger partial charge in [-0.1, -0.05) is 17.7 Å². The van der Waals surface area contributed by atoms with Crippen molar-refractivity contribution in [1.29, 1.82) is 0 Å². The third kappa shape index (κ3) is 5.59. The van der Waals surface area contributed by atoms with E-state index in [4.69, 9.17) is 21.1 Å². The van der Waals surface area contributed by atoms with Crippen molar-refractivity contribution in [3.8, 4) is 11.5 Å². The standard InChI is InChI=1S/C20H19ClN4O3/c1-27-16-5-7-17(8-6-16)28-10-9-22-20(26)18-12-24-19(13-23-18)25-15-4-2-3-14(21)11-15/h2-8,11-13H,9-10H2,1H3,(H,22,26)(H,24,25). The van der Waals surface area contributed by atoms with E-state index in [1.165, 1.54) is 12.4 Å². The van der Waals surface area contributed by atoms with Crippen molar-refractivity contribution in [3.63, 3.8) is 0 Å². The Balaban J connectivity index is 1.45. The number of amides is 1. The number of carbonyl (C=O) groups excluding carboxylic acids is 1. The van der Waals surface area contributed by atoms with Crippen LogP contribution in [0.2, 0.25) is 5.02 Å². The molecule has 0 saturated carbocycles. The summed E-state index contributed by atoms with van der Waals surface area (Å²) in [5.41, 5.74) is 1.01. The van der Waals surface area contributed by atoms with Crippen LogP contribution in [0.1, 0.15) is 10.5 Å². The Kier molecular flexibility index (Phi) is 6.64. The molecule has 1 aromatic heterocycles. The van der Waals surface area contributed by atoms with Crippen molar-refractivity contribution in [2.24, 2.45) is 0 Å². The summed E-state index contributed by atoms with van der Waals surface area (Å²) in [6, 6.07) is 14.5. The van der Waals surface area contributed by atoms with E-state index in [1.54, 1.807) is 31.4 Å². The van der Waals surface area contributed by atoms with Crippen LogP contribution in [0.15, 0.2) is 60.9 Å². The predicted octanol–water partition coefficient (Wildman–Crippen LogP) is 3.69. The topological polar surface area (TPSA) is 85.4 Å². The van der Waals surface area contributed by atoms with Crippen LogP contribution < -0.4 is 20.1 Å². The van der Waals surface area contributed by atoms with E-state index in [0.29, 0.717) is 29.7 Å². The Morgan fingerprint density at radius 3 is 2.54 bits per heavy atom. The molecule has 0 aliphatic rings. The van der Waals surface area contributed by atoms with Crippen LogP contribution in [0.5, 0.6) is 11.5 Å². The normalized spacial score (nSPS) is 10.2. The number of anilines is 2. The average Bonchev–Trinajstić information content (AvgIpc) is 2.72. The summed E-state index contributed by atoms with van der Waals surface area (Å²) < 4.78 is 10.6. The Hall–Kier alpha value is -3.32. The molecular formula is C20H19ClN4O3. The lowest BCUT2D eigenvalue weighted by molar-refractivity contribution is 0.0941. The van der Waals surface area contributed by atoms with Crippen LogP contribution in [-0.4, -0.2) is 36.1 Å². The zero-order chi connectivity index (χ0) is 19.8. The zero-order valence-electron chi connectivity index (χ0n) is 15.2. The van der Waals surface area contributed by atoms with E-state index in [-0.39, 0.29) is 11.6 Å². The number of hydrogen-bond acceptors (Lipinski definition) is 6. The van der Waals surface area contributed by atoms with E-state index in [2.05, 4.69) is 20.6 Å². The van der Waals surface area contributed by atoms with Crippen LogP contribution in [0.25, 0.3) is 0 Å². The van der Waals surface area contributed by atoms with Crippen LogP contribution in [0.4, 0.5) is 11.5 Å². The van der Waals surface area contributed by atoms with Gasteiger partial charge in [0.1, 0.15) is 29.6 Å². The van der Waals surface area contributed by atoms with E-state index in [1.807, 2.05) is 24.3 Å². The van der Waals surface area contributed by atoms with E-state index in [0.717, 1.165) is 11.4 Å². The quantitative estimate of drug-likeness (QED) is 0.563. The van der Waals surface area contributed by atoms with Gasteiger partial charge < -0.3 is 20.1 Å². The summed E-state index contributed by atoms with van der Waals surface area (Å²) in [7, 11) is 1.61. The van der Waals surface area contributed by atoms with Gasteiger partial charge in [0.25, 0.3) is 5.91 Å². The van der Waals surface area contributed by atoms with Gasteiger partial charge >= 0.3 is 0 Å². The Labute approximate surface area is 167 Å². The third-order valence-electron chi connectivity index (χ3n) is 3.70. The minimum Gasteiger partial charge on any atom is -0.497 e. The zero-order valence-corrected chi connectivity index (χ0v) is 15.9. The number of ether oxygens (including phenoxy) is 2. The third-order valence-corrected chi connectivity index (χ3v) is 3.93. The Bertz CT molecular complexity index is 917. The SMILES string of the molecule is COc1ccc(OCCNC(=O)c2cnc(Nc3cccc(Cl)c3)cn2)cc1. The van der Waals surface area contributed by atoms with Gasteiger partial charge in [0.05, 0.1) is 26.0 Å². The van der Waals surface area contributed by atoms with Crippen molar-refractivity contribution in [3.05, 3.63) is 71.6 Å². The average molecular weight is 399 g/mol. The van der Waals surface area contributed by atoms with Crippen molar-refractivity contribution >= 4 is 29.0 Å². The monoisotopic (exact) mass is 398 g/mol. The number of benzene rings is 2. The maximum absolute atomic E-state index is 12.1. The first-order valence-electron chi connectivity index (χ1n) is 8.54. The lowest BCUT2D eigenvalue weighted by Gasteiger charge is -2.09. The first kappa shape index (κ1) is 19.4. The van der Waals surface area contributed by atoms with Crippen molar-refractivity contribution in [2.75, 3.05) is 25.6 Å². The molecule has 0 aliphatic heterocycles. The molecule has 1 amide bonds. The molecule has 7 nitrogen and oxygen atoms in total. The molecule has 0 fully saturated rings. The first-order valence-corrected chi connectivity index (χ1v) is 8.91. The molecule has 0 atom stereocenters. The lowest BCUT2D eigenvalue weighted by atomic mass is 10.3. The summed E-state index contributed by atoms with van der Waals surface area (Å²) >= 11 is 5.95. The second kappa shape index (κ2) is 9.57. The number of hydrogen-bond donors (Lipinski definition) is 2. The molecule has 0 aliphatic carbocycles. The maximum atomic E-state index is 12.1. The molecule has 0 bridgehead atoms. The highest BCUT2D eigenvalue weighted by Crippen LogP contribution is 2.18. The van der Waals surface area contributed by atoms with Gasteiger partial charge in [-0.3, -0.25) is 4.79 Å². The number of carbonyl (C=O) groups is 1. The molecule has 0 unspecified atom stereocenters. The summed E-state index contributed by atoms with van der Waals surface area (Å²) in [5.74, 6) is 1.65. The fourth-order valence-corrected chi connectivity index (χ4v) is 2.51. The fraction of sp³-hybridized carbons (Fsp3) is 0.150. The van der Waals surface area contributed by atoms with Crippen molar-refractivity contribution in [1.82, 2.24) is 15.3 Å². The highest BCUT2D eigenvalue weighted by molar-refractivity contribution is 6.30. The number of rotatable bonds is 8. The van der Waals surface area contributed by atoms with Crippen LogP contribution in [-0.2, 0) is 0 Å². The summed E-state index contributed by atoms with van der Waals surface area (Å²) in [4.78, 5) is 20.5. The molecule has 0 spiro atoms. The van der Waals surface area contributed by atoms with Crippen LogP contribution >= 0.6 is 11.6 Å². The number of aromatic nitrogens is 2. The van der Waals surface area contributed by atoms with Gasteiger partial charge in [-0.05, 0) is 42.5 Å². The van der Waals surface area contributed by atoms with Gasteiger partial charge in [-0.15, -0.1) is 0 Å². The molecule has 8 heteroatoms. The minimum absolute atomic E-state index is 0.223. The van der Waals surface area contributed by atoms with Gasteiger partial charge in [0.2, 0.25) is 0 Å². The first-order chi connectivity index (χ1) is 13.6. The van der Waals surface area contributed by atoms with Gasteiger partial charge in [0, 0.05) is 10.7 Å². The number of halogens is 1. The van der Waals surface area contributed by atoms with Gasteiger partial charge in [0.15, 0.2) is 0 Å². The maximum Gasteiger partial charge on any atom is 0.271 e. The molecular weight excluding hydrogens is 380 g/mol. The highest BCUT2D eigenvalue weighted by Gasteiger charge is 2.08. The number of nitrogens with zero attached hydrogens (tertiary/aromatic N) is 2. The minimum atomic E-state index is -0.319. The number of methoxy groups -OCH3 is 1. The summed E-state index contributed by atoms with van der Waals surface area (Å²) in [6.07, 6.45) is 2.90. The van der Waals surface area contributed by atoms with Crippen LogP contribution in [0, 0.1) is 0 Å². The fourth-order valence-electron chi connectivity index (χ4n) is 2.32. The molecule has 0 radical (unpaired) electrons. The van der Waals surface area contributed by atoms with Crippen molar-refractivity contribution in [2.45, 2.75) is 0 Å². The van der Waals surface area contributed by atoms with E-state index >= 15 is 0 Å². The van der Waals surface area contributed by atoms with Gasteiger partial charge in [-0.25, -0.2) is 9.97 Å². The molecule has 1 heterocycles. The molecule has 144 valence electrons. The van der Waals surface area contributed by atoms with Crippen molar-refractivity contribution < 1.29 is 14.3 Å². The highest BCUT2D eigenvalue weighted by atomic mass is 35.5. The molecule has 28 heavy (non-hydrogen) atoms. The Morgan fingerprint density at radius 2 is 1.86 bits per heavy atom. The van der Waals surface area contributed by atoms with Crippen LogP contribution in [0.3, 0.4) is 0 Å².